The van der Waals surface area contributed by atoms with E-state index in [-0.39, 0.29) is 17.9 Å². The van der Waals surface area contributed by atoms with E-state index in [9.17, 15) is 4.39 Å². The minimum atomic E-state index is -0.184. The average Bonchev–Trinajstić information content (AvgIpc) is 2.29. The van der Waals surface area contributed by atoms with Crippen molar-refractivity contribution in [2.75, 3.05) is 34.2 Å². The topological polar surface area (TPSA) is 32.5 Å². The normalized spacial score (nSPS) is 15.1. The summed E-state index contributed by atoms with van der Waals surface area (Å²) in [7, 11) is 6.04. The lowest BCUT2D eigenvalue weighted by Gasteiger charge is -2.32. The Labute approximate surface area is 109 Å². The molecule has 0 saturated heterocycles. The predicted molar refractivity (Wildman–Crippen MR) is 74.0 cm³/mol. The largest absolute Gasteiger partial charge is 0.326 e. The number of halogens is 1. The Morgan fingerprint density at radius 1 is 1.17 bits per heavy atom. The molecule has 0 saturated carbocycles. The molecule has 2 atom stereocenters. The van der Waals surface area contributed by atoms with Gasteiger partial charge in [0, 0.05) is 24.7 Å². The predicted octanol–water partition coefficient (Wildman–Crippen LogP) is 1.71. The number of hydrogen-bond acceptors (Lipinski definition) is 3. The van der Waals surface area contributed by atoms with Gasteiger partial charge in [0.05, 0.1) is 6.04 Å². The Morgan fingerprint density at radius 2 is 1.78 bits per heavy atom. The summed E-state index contributed by atoms with van der Waals surface area (Å²) in [5.74, 6) is -0.184. The molecule has 2 unspecified atom stereocenters. The molecule has 3 nitrogen and oxygen atoms in total. The molecule has 18 heavy (non-hydrogen) atoms. The molecule has 0 heterocycles. The van der Waals surface area contributed by atoms with Gasteiger partial charge < -0.3 is 10.6 Å². The van der Waals surface area contributed by atoms with Gasteiger partial charge in [0.1, 0.15) is 5.82 Å². The summed E-state index contributed by atoms with van der Waals surface area (Å²) in [6.07, 6.45) is 0. The van der Waals surface area contributed by atoms with Crippen LogP contribution in [0.1, 0.15) is 18.5 Å². The van der Waals surface area contributed by atoms with E-state index >= 15 is 0 Å². The minimum absolute atomic E-state index is 0.0915. The quantitative estimate of drug-likeness (QED) is 0.837. The first-order valence-corrected chi connectivity index (χ1v) is 6.28. The van der Waals surface area contributed by atoms with Gasteiger partial charge in [-0.15, -0.1) is 0 Å². The average molecular weight is 253 g/mol. The highest BCUT2D eigenvalue weighted by atomic mass is 19.1. The highest BCUT2D eigenvalue weighted by molar-refractivity contribution is 5.22. The Bertz CT molecular complexity index is 366. The van der Waals surface area contributed by atoms with Crippen LogP contribution in [0.4, 0.5) is 4.39 Å². The Balaban J connectivity index is 2.86. The number of rotatable bonds is 6. The third-order valence-corrected chi connectivity index (χ3v) is 3.10. The fourth-order valence-electron chi connectivity index (χ4n) is 2.13. The van der Waals surface area contributed by atoms with Gasteiger partial charge in [0.25, 0.3) is 0 Å². The molecule has 4 heteroatoms. The molecule has 0 aromatic heterocycles. The third-order valence-electron chi connectivity index (χ3n) is 3.10. The van der Waals surface area contributed by atoms with Crippen LogP contribution in [0.3, 0.4) is 0 Å². The van der Waals surface area contributed by atoms with Crippen LogP contribution in [0.5, 0.6) is 0 Å². The molecule has 0 spiro atoms. The van der Waals surface area contributed by atoms with Crippen molar-refractivity contribution in [3.63, 3.8) is 0 Å². The Morgan fingerprint density at radius 3 is 2.28 bits per heavy atom. The second-order valence-corrected chi connectivity index (χ2v) is 5.11. The zero-order valence-corrected chi connectivity index (χ0v) is 11.7. The van der Waals surface area contributed by atoms with E-state index in [0.29, 0.717) is 5.56 Å². The van der Waals surface area contributed by atoms with E-state index in [1.54, 1.807) is 6.07 Å². The van der Waals surface area contributed by atoms with Crippen molar-refractivity contribution in [1.82, 2.24) is 9.80 Å². The van der Waals surface area contributed by atoms with Crippen molar-refractivity contribution in [3.8, 4) is 0 Å². The molecular weight excluding hydrogens is 229 g/mol. The van der Waals surface area contributed by atoms with Gasteiger partial charge in [0.15, 0.2) is 0 Å². The molecule has 1 rings (SSSR count). The maximum Gasteiger partial charge on any atom is 0.128 e. The van der Waals surface area contributed by atoms with Gasteiger partial charge in [-0.3, -0.25) is 4.90 Å². The van der Waals surface area contributed by atoms with Crippen molar-refractivity contribution in [2.45, 2.75) is 19.0 Å². The van der Waals surface area contributed by atoms with E-state index in [4.69, 9.17) is 5.73 Å². The van der Waals surface area contributed by atoms with E-state index < -0.39 is 0 Å². The summed E-state index contributed by atoms with van der Waals surface area (Å²) >= 11 is 0. The van der Waals surface area contributed by atoms with Gasteiger partial charge >= 0.3 is 0 Å². The van der Waals surface area contributed by atoms with Gasteiger partial charge in [0.2, 0.25) is 0 Å². The minimum Gasteiger partial charge on any atom is -0.326 e. The van der Waals surface area contributed by atoms with E-state index in [2.05, 4.69) is 9.80 Å². The van der Waals surface area contributed by atoms with Crippen molar-refractivity contribution in [2.24, 2.45) is 5.73 Å². The monoisotopic (exact) mass is 253 g/mol. The Kier molecular flexibility index (Phi) is 5.72. The number of benzene rings is 1. The lowest BCUT2D eigenvalue weighted by atomic mass is 9.99. The molecule has 0 aliphatic carbocycles. The number of hydrogen-bond donors (Lipinski definition) is 1. The molecular formula is C14H24FN3. The van der Waals surface area contributed by atoms with Gasteiger partial charge in [-0.05, 0) is 34.1 Å². The summed E-state index contributed by atoms with van der Waals surface area (Å²) in [6.45, 7) is 3.70. The lowest BCUT2D eigenvalue weighted by Crippen LogP contribution is -2.40. The summed E-state index contributed by atoms with van der Waals surface area (Å²) in [5, 5.41) is 0. The van der Waals surface area contributed by atoms with Crippen LogP contribution in [-0.2, 0) is 0 Å². The van der Waals surface area contributed by atoms with E-state index in [1.165, 1.54) is 6.07 Å². The summed E-state index contributed by atoms with van der Waals surface area (Å²) in [5.41, 5.74) is 6.70. The zero-order valence-electron chi connectivity index (χ0n) is 11.7. The molecule has 0 aliphatic heterocycles. The molecule has 0 aliphatic rings. The lowest BCUT2D eigenvalue weighted by molar-refractivity contribution is 0.194. The van der Waals surface area contributed by atoms with Crippen molar-refractivity contribution < 1.29 is 4.39 Å². The van der Waals surface area contributed by atoms with Crippen LogP contribution in [0.2, 0.25) is 0 Å². The highest BCUT2D eigenvalue weighted by Gasteiger charge is 2.23. The second kappa shape index (κ2) is 6.83. The van der Waals surface area contributed by atoms with Gasteiger partial charge in [-0.1, -0.05) is 18.2 Å². The standard InChI is InChI=1S/C14H24FN3/c1-11(16)14(18(4)10-9-17(2)3)12-7-5-6-8-13(12)15/h5-8,11,14H,9-10,16H2,1-4H3. The van der Waals surface area contributed by atoms with Crippen LogP contribution in [0, 0.1) is 5.82 Å². The molecule has 1 aromatic rings. The van der Waals surface area contributed by atoms with E-state index in [1.807, 2.05) is 40.2 Å². The van der Waals surface area contributed by atoms with Crippen LogP contribution in [-0.4, -0.2) is 50.1 Å². The SMILES string of the molecule is CC(N)C(c1ccccc1F)N(C)CCN(C)C. The second-order valence-electron chi connectivity index (χ2n) is 5.11. The van der Waals surface area contributed by atoms with Crippen molar-refractivity contribution in [3.05, 3.63) is 35.6 Å². The molecule has 0 fully saturated rings. The highest BCUT2D eigenvalue weighted by Crippen LogP contribution is 2.24. The van der Waals surface area contributed by atoms with Gasteiger partial charge in [-0.2, -0.15) is 0 Å². The first kappa shape index (κ1) is 15.1. The summed E-state index contributed by atoms with van der Waals surface area (Å²) in [6, 6.07) is 6.66. The maximum atomic E-state index is 13.9. The smallest absolute Gasteiger partial charge is 0.128 e. The molecule has 102 valence electrons. The fraction of sp³-hybridized carbons (Fsp3) is 0.571. The fourth-order valence-corrected chi connectivity index (χ4v) is 2.13. The molecule has 0 bridgehead atoms. The van der Waals surface area contributed by atoms with Crippen LogP contribution >= 0.6 is 0 Å². The molecule has 0 amide bonds. The summed E-state index contributed by atoms with van der Waals surface area (Å²) in [4.78, 5) is 4.22. The number of nitrogens with zero attached hydrogens (tertiary/aromatic N) is 2. The Hall–Kier alpha value is -0.970. The molecule has 0 radical (unpaired) electrons. The van der Waals surface area contributed by atoms with E-state index in [0.717, 1.165) is 13.1 Å². The van der Waals surface area contributed by atoms with Crippen molar-refractivity contribution in [1.29, 1.82) is 0 Å². The van der Waals surface area contributed by atoms with Crippen LogP contribution in [0.25, 0.3) is 0 Å². The first-order valence-electron chi connectivity index (χ1n) is 6.28. The van der Waals surface area contributed by atoms with Crippen LogP contribution in [0.15, 0.2) is 24.3 Å². The first-order chi connectivity index (χ1) is 8.43. The summed E-state index contributed by atoms with van der Waals surface area (Å²) < 4.78 is 13.9. The third kappa shape index (κ3) is 4.05. The molecule has 1 aromatic carbocycles. The number of likely N-dealkylation sites (N-methyl/N-ethyl adjacent to an activating group) is 2. The number of nitrogens with two attached hydrogens (primary N) is 1. The maximum absolute atomic E-state index is 13.9. The van der Waals surface area contributed by atoms with Crippen molar-refractivity contribution >= 4 is 0 Å². The zero-order chi connectivity index (χ0) is 13.7. The van der Waals surface area contributed by atoms with Gasteiger partial charge in [-0.25, -0.2) is 4.39 Å². The van der Waals surface area contributed by atoms with Crippen LogP contribution < -0.4 is 5.73 Å². The molecule has 2 N–H and O–H groups in total.